The highest BCUT2D eigenvalue weighted by Crippen LogP contribution is 2.15. The molecule has 0 fully saturated rings. The van der Waals surface area contributed by atoms with Crippen LogP contribution in [0.4, 0.5) is 10.1 Å². The first-order valence-corrected chi connectivity index (χ1v) is 6.06. The van der Waals surface area contributed by atoms with E-state index in [-0.39, 0.29) is 11.3 Å². The van der Waals surface area contributed by atoms with Crippen molar-refractivity contribution in [3.8, 4) is 11.8 Å². The Bertz CT molecular complexity index is 731. The number of rotatable bonds is 3. The van der Waals surface area contributed by atoms with E-state index in [0.29, 0.717) is 11.3 Å². The predicted octanol–water partition coefficient (Wildman–Crippen LogP) is 3.08. The van der Waals surface area contributed by atoms with Crippen molar-refractivity contribution in [1.29, 1.82) is 5.26 Å². The van der Waals surface area contributed by atoms with Gasteiger partial charge in [-0.15, -0.1) is 0 Å². The number of phenolic OH excluding ortho intramolecular Hbond substituents is 1. The number of nitriles is 1. The molecule has 0 bridgehead atoms. The second-order valence-corrected chi connectivity index (χ2v) is 4.23. The van der Waals surface area contributed by atoms with E-state index in [4.69, 9.17) is 10.4 Å². The zero-order valence-electron chi connectivity index (χ0n) is 10.9. The van der Waals surface area contributed by atoms with E-state index in [1.54, 1.807) is 12.1 Å². The van der Waals surface area contributed by atoms with Crippen molar-refractivity contribution in [2.24, 2.45) is 0 Å². The molecule has 0 heterocycles. The first-order chi connectivity index (χ1) is 10.1. The fraction of sp³-hybridized carbons (Fsp3) is 0. The van der Waals surface area contributed by atoms with Crippen molar-refractivity contribution in [2.45, 2.75) is 0 Å². The highest BCUT2D eigenvalue weighted by molar-refractivity contribution is 6.09. The summed E-state index contributed by atoms with van der Waals surface area (Å²) in [7, 11) is 0. The van der Waals surface area contributed by atoms with Crippen LogP contribution in [0.2, 0.25) is 0 Å². The van der Waals surface area contributed by atoms with Crippen molar-refractivity contribution in [3.05, 3.63) is 65.5 Å². The Kier molecular flexibility index (Phi) is 4.32. The Morgan fingerprint density at radius 3 is 2.57 bits per heavy atom. The molecule has 0 atom stereocenters. The van der Waals surface area contributed by atoms with Gasteiger partial charge in [-0.3, -0.25) is 4.79 Å². The van der Waals surface area contributed by atoms with E-state index in [1.807, 2.05) is 0 Å². The lowest BCUT2D eigenvalue weighted by Crippen LogP contribution is -2.13. The van der Waals surface area contributed by atoms with Crippen LogP contribution in [-0.2, 0) is 4.79 Å². The quantitative estimate of drug-likeness (QED) is 0.516. The summed E-state index contributed by atoms with van der Waals surface area (Å²) in [6.07, 6.45) is 1.30. The summed E-state index contributed by atoms with van der Waals surface area (Å²) >= 11 is 0. The molecular formula is C16H11FN2O2. The van der Waals surface area contributed by atoms with Gasteiger partial charge in [-0.05, 0) is 48.0 Å². The fourth-order valence-electron chi connectivity index (χ4n) is 1.65. The molecule has 0 saturated heterocycles. The minimum atomic E-state index is -0.604. The highest BCUT2D eigenvalue weighted by atomic mass is 19.1. The van der Waals surface area contributed by atoms with Crippen molar-refractivity contribution in [3.63, 3.8) is 0 Å². The van der Waals surface area contributed by atoms with Crippen LogP contribution in [0.3, 0.4) is 0 Å². The summed E-state index contributed by atoms with van der Waals surface area (Å²) < 4.78 is 13.1. The monoisotopic (exact) mass is 282 g/mol. The van der Waals surface area contributed by atoms with Crippen LogP contribution in [0, 0.1) is 17.1 Å². The van der Waals surface area contributed by atoms with E-state index < -0.39 is 11.7 Å². The van der Waals surface area contributed by atoms with Crippen LogP contribution in [0.1, 0.15) is 5.56 Å². The number of halogens is 1. The van der Waals surface area contributed by atoms with E-state index in [9.17, 15) is 9.18 Å². The van der Waals surface area contributed by atoms with Crippen LogP contribution in [0.5, 0.6) is 5.75 Å². The lowest BCUT2D eigenvalue weighted by molar-refractivity contribution is -0.112. The number of phenols is 1. The number of carbonyl (C=O) groups is 1. The van der Waals surface area contributed by atoms with E-state index >= 15 is 0 Å². The van der Waals surface area contributed by atoms with E-state index in [2.05, 4.69) is 5.32 Å². The summed E-state index contributed by atoms with van der Waals surface area (Å²) in [5.41, 5.74) is 0.722. The molecule has 21 heavy (non-hydrogen) atoms. The van der Waals surface area contributed by atoms with Crippen molar-refractivity contribution < 1.29 is 14.3 Å². The van der Waals surface area contributed by atoms with E-state index in [0.717, 1.165) is 0 Å². The molecule has 1 amide bonds. The standard InChI is InChI=1S/C16H11FN2O2/c17-13-3-1-2-11(9-13)8-12(10-18)16(21)19-14-4-6-15(20)7-5-14/h1-9,20H,(H,19,21)/b12-8-. The molecule has 2 rings (SSSR count). The zero-order chi connectivity index (χ0) is 15.2. The van der Waals surface area contributed by atoms with Crippen molar-refractivity contribution in [1.82, 2.24) is 0 Å². The summed E-state index contributed by atoms with van der Waals surface area (Å²) in [5.74, 6) is -0.976. The van der Waals surface area contributed by atoms with Crippen LogP contribution in [0.25, 0.3) is 6.08 Å². The number of carbonyl (C=O) groups excluding carboxylic acids is 1. The number of benzene rings is 2. The van der Waals surface area contributed by atoms with Gasteiger partial charge in [-0.25, -0.2) is 4.39 Å². The number of hydrogen-bond acceptors (Lipinski definition) is 3. The number of anilines is 1. The van der Waals surface area contributed by atoms with Crippen LogP contribution < -0.4 is 5.32 Å². The van der Waals surface area contributed by atoms with Gasteiger partial charge in [0.15, 0.2) is 0 Å². The minimum Gasteiger partial charge on any atom is -0.508 e. The maximum Gasteiger partial charge on any atom is 0.266 e. The van der Waals surface area contributed by atoms with Gasteiger partial charge in [-0.2, -0.15) is 5.26 Å². The van der Waals surface area contributed by atoms with Gasteiger partial charge in [0.2, 0.25) is 0 Å². The molecule has 0 unspecified atom stereocenters. The van der Waals surface area contributed by atoms with Crippen molar-refractivity contribution >= 4 is 17.7 Å². The van der Waals surface area contributed by atoms with Gasteiger partial charge >= 0.3 is 0 Å². The molecule has 0 aliphatic heterocycles. The third kappa shape index (κ3) is 3.91. The largest absolute Gasteiger partial charge is 0.508 e. The first kappa shape index (κ1) is 14.3. The summed E-state index contributed by atoms with van der Waals surface area (Å²) in [6.45, 7) is 0. The molecule has 2 aromatic rings. The van der Waals surface area contributed by atoms with Gasteiger partial charge in [0.05, 0.1) is 0 Å². The molecule has 4 nitrogen and oxygen atoms in total. The summed E-state index contributed by atoms with van der Waals surface area (Å²) in [5, 5.41) is 20.7. The molecule has 0 aliphatic carbocycles. The minimum absolute atomic E-state index is 0.0730. The average molecular weight is 282 g/mol. The number of amides is 1. The smallest absolute Gasteiger partial charge is 0.266 e. The van der Waals surface area contributed by atoms with Gasteiger partial charge in [0, 0.05) is 5.69 Å². The number of nitrogens with one attached hydrogen (secondary N) is 1. The molecule has 0 aromatic heterocycles. The zero-order valence-corrected chi connectivity index (χ0v) is 10.9. The van der Waals surface area contributed by atoms with Crippen LogP contribution >= 0.6 is 0 Å². The molecular weight excluding hydrogens is 271 g/mol. The lowest BCUT2D eigenvalue weighted by Gasteiger charge is -2.04. The van der Waals surface area contributed by atoms with Crippen LogP contribution in [-0.4, -0.2) is 11.0 Å². The molecule has 0 radical (unpaired) electrons. The molecule has 104 valence electrons. The maximum absolute atomic E-state index is 13.1. The third-order valence-corrected chi connectivity index (χ3v) is 2.65. The second kappa shape index (κ2) is 6.35. The fourth-order valence-corrected chi connectivity index (χ4v) is 1.65. The van der Waals surface area contributed by atoms with Gasteiger partial charge in [0.1, 0.15) is 23.2 Å². The Hall–Kier alpha value is -3.13. The molecule has 0 spiro atoms. The predicted molar refractivity (Wildman–Crippen MR) is 76.7 cm³/mol. The Morgan fingerprint density at radius 1 is 1.24 bits per heavy atom. The van der Waals surface area contributed by atoms with Crippen molar-refractivity contribution in [2.75, 3.05) is 5.32 Å². The van der Waals surface area contributed by atoms with Gasteiger partial charge in [-0.1, -0.05) is 12.1 Å². The number of aromatic hydroxyl groups is 1. The molecule has 5 heteroatoms. The lowest BCUT2D eigenvalue weighted by atomic mass is 10.1. The average Bonchev–Trinajstić information content (AvgIpc) is 2.47. The Labute approximate surface area is 120 Å². The first-order valence-electron chi connectivity index (χ1n) is 6.06. The van der Waals surface area contributed by atoms with Gasteiger partial charge < -0.3 is 10.4 Å². The SMILES string of the molecule is N#C/C(=C/c1cccc(F)c1)C(=O)Nc1ccc(O)cc1. The second-order valence-electron chi connectivity index (χ2n) is 4.23. The number of nitrogens with zero attached hydrogens (tertiary/aromatic N) is 1. The third-order valence-electron chi connectivity index (χ3n) is 2.65. The van der Waals surface area contributed by atoms with Gasteiger partial charge in [0.25, 0.3) is 5.91 Å². The molecule has 2 aromatic carbocycles. The molecule has 2 N–H and O–H groups in total. The van der Waals surface area contributed by atoms with E-state index in [1.165, 1.54) is 48.5 Å². The normalized spacial score (nSPS) is 10.8. The highest BCUT2D eigenvalue weighted by Gasteiger charge is 2.09. The molecule has 0 aliphatic rings. The Morgan fingerprint density at radius 2 is 1.95 bits per heavy atom. The number of hydrogen-bond donors (Lipinski definition) is 2. The topological polar surface area (TPSA) is 73.1 Å². The summed E-state index contributed by atoms with van der Waals surface area (Å²) in [6, 6.07) is 13.2. The van der Waals surface area contributed by atoms with Crippen LogP contribution in [0.15, 0.2) is 54.1 Å². The molecule has 0 saturated carbocycles. The maximum atomic E-state index is 13.1. The Balaban J connectivity index is 2.19. The summed E-state index contributed by atoms with van der Waals surface area (Å²) in [4.78, 5) is 12.0.